The molecule has 3 rings (SSSR count). The predicted molar refractivity (Wildman–Crippen MR) is 65.9 cm³/mol. The summed E-state index contributed by atoms with van der Waals surface area (Å²) in [6, 6.07) is 7.79. The number of nitrogens with zero attached hydrogens (tertiary/aromatic N) is 2. The molecule has 1 unspecified atom stereocenters. The minimum absolute atomic E-state index is 0.302. The summed E-state index contributed by atoms with van der Waals surface area (Å²) in [5.74, 6) is 0.302. The summed E-state index contributed by atoms with van der Waals surface area (Å²) in [7, 11) is 0. The molecule has 0 radical (unpaired) electrons. The van der Waals surface area contributed by atoms with Crippen LogP contribution in [0, 0.1) is 0 Å². The van der Waals surface area contributed by atoms with Gasteiger partial charge in [0.1, 0.15) is 5.75 Å². The SMILES string of the molecule is Oc1ccccc1-c1cnn(C2CCNC2)c1. The normalized spacial score (nSPS) is 19.6. The number of aromatic hydroxyl groups is 1. The quantitative estimate of drug-likeness (QED) is 0.825. The highest BCUT2D eigenvalue weighted by atomic mass is 16.3. The third kappa shape index (κ3) is 1.91. The molecule has 2 heterocycles. The average molecular weight is 229 g/mol. The number of nitrogens with one attached hydrogen (secondary N) is 1. The Bertz CT molecular complexity index is 515. The van der Waals surface area contributed by atoms with Gasteiger partial charge in [-0.05, 0) is 19.0 Å². The fourth-order valence-electron chi connectivity index (χ4n) is 2.26. The Labute approximate surface area is 99.9 Å². The Morgan fingerprint density at radius 3 is 3.00 bits per heavy atom. The van der Waals surface area contributed by atoms with Crippen LogP contribution in [0.15, 0.2) is 36.7 Å². The fraction of sp³-hybridized carbons (Fsp3) is 0.308. The summed E-state index contributed by atoms with van der Waals surface area (Å²) in [4.78, 5) is 0. The molecule has 2 aromatic rings. The van der Waals surface area contributed by atoms with Crippen LogP contribution in [0.25, 0.3) is 11.1 Å². The molecule has 0 saturated carbocycles. The largest absolute Gasteiger partial charge is 0.507 e. The number of hydrogen-bond donors (Lipinski definition) is 2. The first-order valence-corrected chi connectivity index (χ1v) is 5.88. The van der Waals surface area contributed by atoms with E-state index in [-0.39, 0.29) is 0 Å². The maximum atomic E-state index is 9.79. The number of phenols is 1. The van der Waals surface area contributed by atoms with Crippen molar-refractivity contribution in [2.24, 2.45) is 0 Å². The summed E-state index contributed by atoms with van der Waals surface area (Å²) in [6.07, 6.45) is 4.93. The standard InChI is InChI=1S/C13H15N3O/c17-13-4-2-1-3-12(13)10-7-15-16(9-10)11-5-6-14-8-11/h1-4,7,9,11,14,17H,5-6,8H2. The van der Waals surface area contributed by atoms with E-state index in [0.717, 1.165) is 30.6 Å². The van der Waals surface area contributed by atoms with Crippen molar-refractivity contribution in [1.82, 2.24) is 15.1 Å². The summed E-state index contributed by atoms with van der Waals surface area (Å²) in [5, 5.41) is 17.5. The smallest absolute Gasteiger partial charge is 0.123 e. The van der Waals surface area contributed by atoms with Crippen molar-refractivity contribution in [3.05, 3.63) is 36.7 Å². The monoisotopic (exact) mass is 229 g/mol. The highest BCUT2D eigenvalue weighted by Gasteiger charge is 2.17. The number of rotatable bonds is 2. The van der Waals surface area contributed by atoms with Crippen LogP contribution in [0.2, 0.25) is 0 Å². The molecule has 1 fully saturated rings. The Morgan fingerprint density at radius 1 is 1.35 bits per heavy atom. The zero-order valence-corrected chi connectivity index (χ0v) is 9.50. The summed E-state index contributed by atoms with van der Waals surface area (Å²) in [6.45, 7) is 2.03. The highest BCUT2D eigenvalue weighted by Crippen LogP contribution is 2.29. The molecule has 4 heteroatoms. The second-order valence-electron chi connectivity index (χ2n) is 4.37. The predicted octanol–water partition coefficient (Wildman–Crippen LogP) is 1.79. The Morgan fingerprint density at radius 2 is 2.24 bits per heavy atom. The van der Waals surface area contributed by atoms with Crippen LogP contribution in [0.1, 0.15) is 12.5 Å². The van der Waals surface area contributed by atoms with E-state index in [2.05, 4.69) is 10.4 Å². The Hall–Kier alpha value is -1.81. The molecule has 0 bridgehead atoms. The first-order chi connectivity index (χ1) is 8.34. The molecule has 1 aromatic carbocycles. The van der Waals surface area contributed by atoms with E-state index in [9.17, 15) is 5.11 Å². The molecule has 0 amide bonds. The lowest BCUT2D eigenvalue weighted by Crippen LogP contribution is -2.13. The molecule has 0 aliphatic carbocycles. The van der Waals surface area contributed by atoms with E-state index in [1.807, 2.05) is 35.3 Å². The molecular weight excluding hydrogens is 214 g/mol. The summed E-state index contributed by atoms with van der Waals surface area (Å²) < 4.78 is 1.99. The topological polar surface area (TPSA) is 50.1 Å². The van der Waals surface area contributed by atoms with Crippen molar-refractivity contribution < 1.29 is 5.11 Å². The van der Waals surface area contributed by atoms with Gasteiger partial charge in [-0.2, -0.15) is 5.10 Å². The van der Waals surface area contributed by atoms with Crippen molar-refractivity contribution in [3.8, 4) is 16.9 Å². The number of para-hydroxylation sites is 1. The van der Waals surface area contributed by atoms with Crippen LogP contribution in [-0.2, 0) is 0 Å². The summed E-state index contributed by atoms with van der Waals surface area (Å²) >= 11 is 0. The van der Waals surface area contributed by atoms with Crippen molar-refractivity contribution >= 4 is 0 Å². The Kier molecular flexibility index (Phi) is 2.57. The molecule has 1 aromatic heterocycles. The van der Waals surface area contributed by atoms with Crippen LogP contribution < -0.4 is 5.32 Å². The molecule has 1 saturated heterocycles. The lowest BCUT2D eigenvalue weighted by Gasteiger charge is -2.07. The lowest BCUT2D eigenvalue weighted by molar-refractivity contribution is 0.477. The Balaban J connectivity index is 1.92. The molecule has 88 valence electrons. The van der Waals surface area contributed by atoms with E-state index in [4.69, 9.17) is 0 Å². The zero-order chi connectivity index (χ0) is 11.7. The maximum Gasteiger partial charge on any atom is 0.123 e. The van der Waals surface area contributed by atoms with Crippen molar-refractivity contribution in [2.45, 2.75) is 12.5 Å². The molecule has 1 aliphatic rings. The van der Waals surface area contributed by atoms with Gasteiger partial charge in [0.05, 0.1) is 12.2 Å². The lowest BCUT2D eigenvalue weighted by atomic mass is 10.1. The molecule has 1 atom stereocenters. The molecule has 1 aliphatic heterocycles. The molecule has 4 nitrogen and oxygen atoms in total. The highest BCUT2D eigenvalue weighted by molar-refractivity contribution is 5.68. The van der Waals surface area contributed by atoms with Gasteiger partial charge >= 0.3 is 0 Å². The van der Waals surface area contributed by atoms with Crippen LogP contribution in [-0.4, -0.2) is 28.0 Å². The van der Waals surface area contributed by atoms with Gasteiger partial charge in [0.2, 0.25) is 0 Å². The van der Waals surface area contributed by atoms with Crippen molar-refractivity contribution in [3.63, 3.8) is 0 Å². The first-order valence-electron chi connectivity index (χ1n) is 5.88. The van der Waals surface area contributed by atoms with Gasteiger partial charge in [-0.3, -0.25) is 4.68 Å². The third-order valence-corrected chi connectivity index (χ3v) is 3.22. The zero-order valence-electron chi connectivity index (χ0n) is 9.50. The van der Waals surface area contributed by atoms with E-state index >= 15 is 0 Å². The molecule has 17 heavy (non-hydrogen) atoms. The first kappa shape index (κ1) is 10.4. The van der Waals surface area contributed by atoms with Gasteiger partial charge in [0.15, 0.2) is 0 Å². The van der Waals surface area contributed by atoms with Gasteiger partial charge < -0.3 is 10.4 Å². The van der Waals surface area contributed by atoms with Crippen molar-refractivity contribution in [2.75, 3.05) is 13.1 Å². The van der Waals surface area contributed by atoms with E-state index in [1.54, 1.807) is 6.07 Å². The number of aromatic nitrogens is 2. The van der Waals surface area contributed by atoms with Gasteiger partial charge in [0.25, 0.3) is 0 Å². The number of benzene rings is 1. The molecular formula is C13H15N3O. The van der Waals surface area contributed by atoms with Gasteiger partial charge in [0, 0.05) is 23.9 Å². The summed E-state index contributed by atoms with van der Waals surface area (Å²) in [5.41, 5.74) is 1.81. The minimum Gasteiger partial charge on any atom is -0.507 e. The van der Waals surface area contributed by atoms with Crippen LogP contribution in [0.4, 0.5) is 0 Å². The molecule has 0 spiro atoms. The van der Waals surface area contributed by atoms with Gasteiger partial charge in [-0.1, -0.05) is 18.2 Å². The number of hydrogen-bond acceptors (Lipinski definition) is 3. The molecule has 2 N–H and O–H groups in total. The average Bonchev–Trinajstić information content (AvgIpc) is 3.00. The van der Waals surface area contributed by atoms with Gasteiger partial charge in [-0.25, -0.2) is 0 Å². The second-order valence-corrected chi connectivity index (χ2v) is 4.37. The second kappa shape index (κ2) is 4.22. The minimum atomic E-state index is 0.302. The van der Waals surface area contributed by atoms with Crippen LogP contribution in [0.3, 0.4) is 0 Å². The third-order valence-electron chi connectivity index (χ3n) is 3.22. The van der Waals surface area contributed by atoms with Gasteiger partial charge in [-0.15, -0.1) is 0 Å². The fourth-order valence-corrected chi connectivity index (χ4v) is 2.26. The van der Waals surface area contributed by atoms with Crippen molar-refractivity contribution in [1.29, 1.82) is 0 Å². The van der Waals surface area contributed by atoms with Crippen LogP contribution >= 0.6 is 0 Å². The van der Waals surface area contributed by atoms with E-state index < -0.39 is 0 Å². The van der Waals surface area contributed by atoms with Crippen LogP contribution in [0.5, 0.6) is 5.75 Å². The number of phenolic OH excluding ortho intramolecular Hbond substituents is 1. The van der Waals surface area contributed by atoms with E-state index in [1.165, 1.54) is 0 Å². The van der Waals surface area contributed by atoms with E-state index in [0.29, 0.717) is 11.8 Å². The maximum absolute atomic E-state index is 9.79.